The number of amides is 1. The van der Waals surface area contributed by atoms with E-state index in [4.69, 9.17) is 0 Å². The zero-order valence-electron chi connectivity index (χ0n) is 12.2. The van der Waals surface area contributed by atoms with Crippen LogP contribution in [0.25, 0.3) is 16.3 Å². The number of carbonyl (C=O) groups is 2. The molecule has 1 aromatic carbocycles. The van der Waals surface area contributed by atoms with Crippen molar-refractivity contribution in [1.29, 1.82) is 0 Å². The summed E-state index contributed by atoms with van der Waals surface area (Å²) in [5.74, 6) is -1.01. The number of hydrogen-bond acceptors (Lipinski definition) is 4. The molecule has 1 aliphatic heterocycles. The van der Waals surface area contributed by atoms with E-state index >= 15 is 0 Å². The molecule has 0 spiro atoms. The standard InChI is InChI=1S/C16H16N2O3S/c1-16(15(20)21)8-9-18(10-16)14(19)7-6-13-17-11-4-2-3-5-12(11)22-13/h2-7H,8-10H2,1H3,(H,20,21)/b7-6+. The molecular weight excluding hydrogens is 300 g/mol. The molecule has 22 heavy (non-hydrogen) atoms. The van der Waals surface area contributed by atoms with E-state index in [9.17, 15) is 14.7 Å². The third-order valence-corrected chi connectivity index (χ3v) is 4.98. The number of carboxylic acid groups (broad SMARTS) is 1. The molecule has 1 aromatic heterocycles. The van der Waals surface area contributed by atoms with Crippen molar-refractivity contribution < 1.29 is 14.7 Å². The summed E-state index contributed by atoms with van der Waals surface area (Å²) in [4.78, 5) is 29.4. The van der Waals surface area contributed by atoms with Crippen molar-refractivity contribution in [3.05, 3.63) is 35.3 Å². The number of hydrogen-bond donors (Lipinski definition) is 1. The Morgan fingerprint density at radius 2 is 2.18 bits per heavy atom. The molecule has 1 atom stereocenters. The highest BCUT2D eigenvalue weighted by Crippen LogP contribution is 2.30. The molecule has 0 bridgehead atoms. The van der Waals surface area contributed by atoms with Crippen molar-refractivity contribution in [2.45, 2.75) is 13.3 Å². The highest BCUT2D eigenvalue weighted by Gasteiger charge is 2.41. The molecule has 114 valence electrons. The van der Waals surface area contributed by atoms with Crippen LogP contribution in [0.3, 0.4) is 0 Å². The van der Waals surface area contributed by atoms with E-state index in [-0.39, 0.29) is 12.5 Å². The fraction of sp³-hybridized carbons (Fsp3) is 0.312. The number of nitrogens with zero attached hydrogens (tertiary/aromatic N) is 2. The van der Waals surface area contributed by atoms with Gasteiger partial charge in [0.2, 0.25) is 5.91 Å². The number of carbonyl (C=O) groups excluding carboxylic acids is 1. The fourth-order valence-electron chi connectivity index (χ4n) is 2.53. The molecule has 1 aliphatic rings. The Bertz CT molecular complexity index is 735. The van der Waals surface area contributed by atoms with Crippen LogP contribution in [0, 0.1) is 5.41 Å². The first kappa shape index (κ1) is 14.7. The quantitative estimate of drug-likeness (QED) is 0.884. The van der Waals surface area contributed by atoms with Crippen molar-refractivity contribution in [1.82, 2.24) is 9.88 Å². The Kier molecular flexibility index (Phi) is 3.70. The van der Waals surface area contributed by atoms with Gasteiger partial charge in [-0.05, 0) is 31.6 Å². The first-order valence-electron chi connectivity index (χ1n) is 7.04. The topological polar surface area (TPSA) is 70.5 Å². The predicted molar refractivity (Wildman–Crippen MR) is 85.6 cm³/mol. The smallest absolute Gasteiger partial charge is 0.311 e. The van der Waals surface area contributed by atoms with Crippen molar-refractivity contribution >= 4 is 39.5 Å². The summed E-state index contributed by atoms with van der Waals surface area (Å²) in [5, 5.41) is 9.97. The number of para-hydroxylation sites is 1. The summed E-state index contributed by atoms with van der Waals surface area (Å²) < 4.78 is 1.08. The summed E-state index contributed by atoms with van der Waals surface area (Å²) in [6, 6.07) is 7.81. The van der Waals surface area contributed by atoms with Crippen LogP contribution in [-0.4, -0.2) is 40.0 Å². The van der Waals surface area contributed by atoms with Gasteiger partial charge in [-0.3, -0.25) is 9.59 Å². The van der Waals surface area contributed by atoms with E-state index in [1.807, 2.05) is 24.3 Å². The molecule has 1 amide bonds. The lowest BCUT2D eigenvalue weighted by Gasteiger charge is -2.18. The summed E-state index contributed by atoms with van der Waals surface area (Å²) >= 11 is 1.52. The van der Waals surface area contributed by atoms with Crippen molar-refractivity contribution in [3.8, 4) is 0 Å². The Hall–Kier alpha value is -2.21. The molecule has 1 saturated heterocycles. The minimum absolute atomic E-state index is 0.163. The molecule has 0 radical (unpaired) electrons. The number of benzene rings is 1. The van der Waals surface area contributed by atoms with E-state index in [0.717, 1.165) is 15.2 Å². The minimum atomic E-state index is -0.849. The highest BCUT2D eigenvalue weighted by molar-refractivity contribution is 7.19. The van der Waals surface area contributed by atoms with Crippen LogP contribution >= 0.6 is 11.3 Å². The minimum Gasteiger partial charge on any atom is -0.481 e. The number of likely N-dealkylation sites (tertiary alicyclic amines) is 1. The number of aromatic nitrogens is 1. The maximum Gasteiger partial charge on any atom is 0.311 e. The Balaban J connectivity index is 1.70. The number of fused-ring (bicyclic) bond motifs is 1. The van der Waals surface area contributed by atoms with Gasteiger partial charge in [0.15, 0.2) is 0 Å². The van der Waals surface area contributed by atoms with Crippen molar-refractivity contribution in [2.24, 2.45) is 5.41 Å². The van der Waals surface area contributed by atoms with Gasteiger partial charge >= 0.3 is 5.97 Å². The van der Waals surface area contributed by atoms with Crippen LogP contribution in [0.1, 0.15) is 18.4 Å². The number of thiazole rings is 1. The monoisotopic (exact) mass is 316 g/mol. The maximum absolute atomic E-state index is 12.2. The third kappa shape index (κ3) is 2.74. The molecule has 0 aliphatic carbocycles. The number of carboxylic acids is 1. The first-order valence-corrected chi connectivity index (χ1v) is 7.86. The second kappa shape index (κ2) is 5.53. The van der Waals surface area contributed by atoms with Gasteiger partial charge in [0.1, 0.15) is 5.01 Å². The summed E-state index contributed by atoms with van der Waals surface area (Å²) in [7, 11) is 0. The average molecular weight is 316 g/mol. The summed E-state index contributed by atoms with van der Waals surface area (Å²) in [5.41, 5.74) is 0.0820. The summed E-state index contributed by atoms with van der Waals surface area (Å²) in [6.07, 6.45) is 3.66. The summed E-state index contributed by atoms with van der Waals surface area (Å²) in [6.45, 7) is 2.41. The van der Waals surface area contributed by atoms with Crippen molar-refractivity contribution in [2.75, 3.05) is 13.1 Å². The number of rotatable bonds is 3. The predicted octanol–water partition coefficient (Wildman–Crippen LogP) is 2.63. The molecule has 1 fully saturated rings. The Morgan fingerprint density at radius 1 is 1.41 bits per heavy atom. The normalized spacial score (nSPS) is 21.8. The van der Waals surface area contributed by atoms with E-state index in [0.29, 0.717) is 13.0 Å². The molecule has 0 saturated carbocycles. The van der Waals surface area contributed by atoms with Crippen LogP contribution in [0.5, 0.6) is 0 Å². The second-order valence-electron chi connectivity index (χ2n) is 5.73. The molecule has 2 heterocycles. The van der Waals surface area contributed by atoms with Gasteiger partial charge in [-0.2, -0.15) is 0 Å². The van der Waals surface area contributed by atoms with Crippen LogP contribution in [-0.2, 0) is 9.59 Å². The van der Waals surface area contributed by atoms with Gasteiger partial charge in [-0.25, -0.2) is 4.98 Å². The molecule has 5 nitrogen and oxygen atoms in total. The Labute approximate surface area is 131 Å². The average Bonchev–Trinajstić information content (AvgIpc) is 3.09. The zero-order valence-corrected chi connectivity index (χ0v) is 13.0. The van der Waals surface area contributed by atoms with Gasteiger partial charge in [0.05, 0.1) is 15.6 Å². The lowest BCUT2D eigenvalue weighted by atomic mass is 9.90. The molecule has 3 rings (SSSR count). The van der Waals surface area contributed by atoms with Gasteiger partial charge in [-0.15, -0.1) is 11.3 Å². The van der Waals surface area contributed by atoms with E-state index in [1.54, 1.807) is 17.9 Å². The number of aliphatic carboxylic acids is 1. The van der Waals surface area contributed by atoms with Crippen LogP contribution in [0.4, 0.5) is 0 Å². The molecular formula is C16H16N2O3S. The second-order valence-corrected chi connectivity index (χ2v) is 6.79. The maximum atomic E-state index is 12.2. The first-order chi connectivity index (χ1) is 10.5. The van der Waals surface area contributed by atoms with Crippen molar-refractivity contribution in [3.63, 3.8) is 0 Å². The SMILES string of the molecule is CC1(C(=O)O)CCN(C(=O)/C=C/c2nc3ccccc3s2)C1. The van der Waals surface area contributed by atoms with E-state index in [1.165, 1.54) is 17.4 Å². The van der Waals surface area contributed by atoms with Crippen LogP contribution in [0.15, 0.2) is 30.3 Å². The molecule has 1 N–H and O–H groups in total. The lowest BCUT2D eigenvalue weighted by molar-refractivity contribution is -0.147. The highest BCUT2D eigenvalue weighted by atomic mass is 32.1. The molecule has 2 aromatic rings. The molecule has 6 heteroatoms. The molecule has 1 unspecified atom stereocenters. The van der Waals surface area contributed by atoms with Gasteiger partial charge in [-0.1, -0.05) is 12.1 Å². The van der Waals surface area contributed by atoms with Gasteiger partial charge < -0.3 is 10.0 Å². The fourth-order valence-corrected chi connectivity index (χ4v) is 3.40. The van der Waals surface area contributed by atoms with Gasteiger partial charge in [0.25, 0.3) is 0 Å². The lowest BCUT2D eigenvalue weighted by Crippen LogP contribution is -2.34. The van der Waals surface area contributed by atoms with Crippen LogP contribution < -0.4 is 0 Å². The Morgan fingerprint density at radius 3 is 2.86 bits per heavy atom. The zero-order chi connectivity index (χ0) is 15.7. The van der Waals surface area contributed by atoms with E-state index in [2.05, 4.69) is 4.98 Å². The largest absolute Gasteiger partial charge is 0.481 e. The van der Waals surface area contributed by atoms with E-state index < -0.39 is 11.4 Å². The van der Waals surface area contributed by atoms with Crippen LogP contribution in [0.2, 0.25) is 0 Å². The third-order valence-electron chi connectivity index (χ3n) is 3.98. The van der Waals surface area contributed by atoms with Gasteiger partial charge in [0, 0.05) is 19.2 Å².